The van der Waals surface area contributed by atoms with Gasteiger partial charge in [0.05, 0.1) is 5.69 Å². The molecule has 2 heterocycles. The molecule has 7 aromatic rings. The summed E-state index contributed by atoms with van der Waals surface area (Å²) in [4.78, 5) is 2.63. The summed E-state index contributed by atoms with van der Waals surface area (Å²) >= 11 is 2.05. The zero-order valence-electron chi connectivity index (χ0n) is 44.3. The number of nitrogens with zero attached hydrogens (tertiary/aromatic N) is 1. The largest absolute Gasteiger partial charge is 0.311 e. The zero-order chi connectivity index (χ0) is 48.7. The Morgan fingerprint density at radius 1 is 0.515 bits per heavy atom. The molecule has 6 aromatic carbocycles. The third-order valence-corrected chi connectivity index (χ3v) is 18.1. The Morgan fingerprint density at radius 2 is 1.12 bits per heavy atom. The van der Waals surface area contributed by atoms with Crippen molar-refractivity contribution in [2.45, 2.75) is 175 Å². The van der Waals surface area contributed by atoms with Crippen LogP contribution >= 0.6 is 11.3 Å². The molecular formula is C65H76BNS. The Balaban J connectivity index is 1.29. The topological polar surface area (TPSA) is 3.24 Å². The minimum absolute atomic E-state index is 0.0206. The molecule has 3 aliphatic rings. The summed E-state index contributed by atoms with van der Waals surface area (Å²) in [5, 5.41) is 1.42. The van der Waals surface area contributed by atoms with E-state index in [0.717, 1.165) is 0 Å². The van der Waals surface area contributed by atoms with Gasteiger partial charge in [-0.05, 0) is 172 Å². The molecule has 0 amide bonds. The van der Waals surface area contributed by atoms with E-state index in [1.54, 1.807) is 11.1 Å². The fourth-order valence-corrected chi connectivity index (χ4v) is 13.5. The summed E-state index contributed by atoms with van der Waals surface area (Å²) in [6.45, 7) is 38.8. The van der Waals surface area contributed by atoms with Gasteiger partial charge in [0.2, 0.25) is 0 Å². The second-order valence-electron chi connectivity index (χ2n) is 26.1. The highest BCUT2D eigenvalue weighted by molar-refractivity contribution is 7.32. The van der Waals surface area contributed by atoms with Gasteiger partial charge in [0.25, 0.3) is 6.71 Å². The predicted molar refractivity (Wildman–Crippen MR) is 301 cm³/mol. The van der Waals surface area contributed by atoms with E-state index in [1.807, 2.05) is 11.3 Å². The van der Waals surface area contributed by atoms with Gasteiger partial charge in [-0.2, -0.15) is 0 Å². The first-order valence-corrected chi connectivity index (χ1v) is 26.6. The van der Waals surface area contributed by atoms with E-state index < -0.39 is 0 Å². The fourth-order valence-electron chi connectivity index (χ4n) is 12.2. The summed E-state index contributed by atoms with van der Waals surface area (Å²) in [6, 6.07) is 46.2. The summed E-state index contributed by atoms with van der Waals surface area (Å²) in [6.07, 6.45) is 4.80. The molecule has 0 atom stereocenters. The number of fused-ring (bicyclic) bond motifs is 5. The van der Waals surface area contributed by atoms with E-state index in [-0.39, 0.29) is 39.2 Å². The van der Waals surface area contributed by atoms with Gasteiger partial charge in [0, 0.05) is 27.0 Å². The molecule has 3 heteroatoms. The SMILES string of the molecule is CC(C)c1ccc(N2c3ccc(C(C)(C)C)cc3B(c3cc4c(-c5ccc6c(c5)C(C)(C)CCC6(C)C)c5c(cc4s3)C(C)(C)CCC5(C)C)c3ccc(C(C)(C)C)cc32)c(-c2ccccc2)c1. The highest BCUT2D eigenvalue weighted by atomic mass is 32.1. The van der Waals surface area contributed by atoms with E-state index in [9.17, 15) is 0 Å². The average Bonchev–Trinajstić information content (AvgIpc) is 3.70. The van der Waals surface area contributed by atoms with Crippen LogP contribution in [0.2, 0.25) is 0 Å². The third kappa shape index (κ3) is 7.73. The smallest absolute Gasteiger partial charge is 0.259 e. The van der Waals surface area contributed by atoms with Crippen molar-refractivity contribution in [2.24, 2.45) is 0 Å². The van der Waals surface area contributed by atoms with Crippen LogP contribution in [-0.4, -0.2) is 6.71 Å². The van der Waals surface area contributed by atoms with Crippen molar-refractivity contribution in [3.05, 3.63) is 154 Å². The lowest BCUT2D eigenvalue weighted by Gasteiger charge is -2.44. The fraction of sp³-hybridized carbons (Fsp3) is 0.415. The molecule has 0 saturated carbocycles. The molecule has 2 aliphatic carbocycles. The number of hydrogen-bond donors (Lipinski definition) is 0. The second kappa shape index (κ2) is 15.8. The Morgan fingerprint density at radius 3 is 1.78 bits per heavy atom. The highest BCUT2D eigenvalue weighted by Gasteiger charge is 2.44. The summed E-state index contributed by atoms with van der Waals surface area (Å²) in [5.74, 6) is 0.415. The monoisotopic (exact) mass is 914 g/mol. The number of hydrogen-bond acceptors (Lipinski definition) is 2. The summed E-state index contributed by atoms with van der Waals surface area (Å²) in [7, 11) is 0. The van der Waals surface area contributed by atoms with Gasteiger partial charge in [-0.25, -0.2) is 0 Å². The minimum Gasteiger partial charge on any atom is -0.311 e. The van der Waals surface area contributed by atoms with Crippen molar-refractivity contribution in [3.8, 4) is 22.3 Å². The van der Waals surface area contributed by atoms with Crippen LogP contribution in [0, 0.1) is 0 Å². The highest BCUT2D eigenvalue weighted by Crippen LogP contribution is 2.54. The van der Waals surface area contributed by atoms with Crippen molar-refractivity contribution in [2.75, 3.05) is 4.90 Å². The zero-order valence-corrected chi connectivity index (χ0v) is 45.1. The van der Waals surface area contributed by atoms with Crippen LogP contribution in [0.25, 0.3) is 32.3 Å². The Kier molecular flexibility index (Phi) is 10.9. The van der Waals surface area contributed by atoms with Crippen molar-refractivity contribution < 1.29 is 0 Å². The van der Waals surface area contributed by atoms with Crippen LogP contribution in [0.4, 0.5) is 17.1 Å². The summed E-state index contributed by atoms with van der Waals surface area (Å²) < 4.78 is 2.84. The normalized spacial score (nSPS) is 18.0. The molecular weight excluding hydrogens is 838 g/mol. The van der Waals surface area contributed by atoms with Crippen molar-refractivity contribution in [1.82, 2.24) is 0 Å². The Bertz CT molecular complexity index is 3120. The van der Waals surface area contributed by atoms with E-state index in [2.05, 4.69) is 231 Å². The first kappa shape index (κ1) is 46.9. The lowest BCUT2D eigenvalue weighted by atomic mass is 9.37. The standard InChI is InChI=1S/C65H76BNS/c1-40(2)42-23-28-53(46(34-42)41-20-18-17-19-21-41)67-54-29-25-44(60(3,4)5)36-52(54)66(51-27-24-45(37-55(51)67)61(6,7)8)57-38-47-56(68-57)39-50-59(65(15,16)33-32-64(50,13)14)58(47)43-22-26-48-49(35-43)63(11,12)31-30-62(48,9)10/h17-29,34-40H,30-33H2,1-16H3. The van der Waals surface area contributed by atoms with E-state index in [0.29, 0.717) is 5.92 Å². The molecule has 10 rings (SSSR count). The quantitative estimate of drug-likeness (QED) is 0.156. The number of rotatable bonds is 5. The van der Waals surface area contributed by atoms with Crippen molar-refractivity contribution in [3.63, 3.8) is 0 Å². The van der Waals surface area contributed by atoms with Crippen LogP contribution in [-0.2, 0) is 32.5 Å². The van der Waals surface area contributed by atoms with Gasteiger partial charge in [-0.1, -0.05) is 190 Å². The van der Waals surface area contributed by atoms with Gasteiger partial charge in [-0.3, -0.25) is 0 Å². The van der Waals surface area contributed by atoms with Crippen molar-refractivity contribution >= 4 is 60.9 Å². The maximum Gasteiger partial charge on any atom is 0.259 e. The van der Waals surface area contributed by atoms with Crippen molar-refractivity contribution in [1.29, 1.82) is 0 Å². The van der Waals surface area contributed by atoms with Crippen LogP contribution in [0.15, 0.2) is 115 Å². The van der Waals surface area contributed by atoms with Crippen LogP contribution in [0.5, 0.6) is 0 Å². The Labute approximate surface area is 414 Å². The third-order valence-electron chi connectivity index (χ3n) is 17.0. The van der Waals surface area contributed by atoms with E-state index in [1.165, 1.54) is 119 Å². The summed E-state index contributed by atoms with van der Waals surface area (Å²) in [5.41, 5.74) is 22.5. The van der Waals surface area contributed by atoms with Crippen LogP contribution < -0.4 is 20.6 Å². The van der Waals surface area contributed by atoms with Gasteiger partial charge in [-0.15, -0.1) is 11.3 Å². The molecule has 1 aromatic heterocycles. The molecule has 0 radical (unpaired) electrons. The molecule has 1 aliphatic heterocycles. The van der Waals surface area contributed by atoms with Crippen LogP contribution in [0.1, 0.15) is 181 Å². The maximum absolute atomic E-state index is 2.66. The molecule has 0 saturated heterocycles. The number of thiophene rings is 1. The van der Waals surface area contributed by atoms with E-state index >= 15 is 0 Å². The molecule has 68 heavy (non-hydrogen) atoms. The number of benzene rings is 6. The minimum atomic E-state index is -0.0276. The molecule has 0 N–H and O–H groups in total. The average molecular weight is 914 g/mol. The lowest BCUT2D eigenvalue weighted by molar-refractivity contribution is 0.331. The maximum atomic E-state index is 2.66. The van der Waals surface area contributed by atoms with Gasteiger partial charge >= 0.3 is 0 Å². The molecule has 0 fully saturated rings. The lowest BCUT2D eigenvalue weighted by Crippen LogP contribution is -2.56. The van der Waals surface area contributed by atoms with Crippen LogP contribution in [0.3, 0.4) is 0 Å². The van der Waals surface area contributed by atoms with Gasteiger partial charge < -0.3 is 4.90 Å². The Hall–Kier alpha value is -4.86. The molecule has 0 spiro atoms. The molecule has 350 valence electrons. The molecule has 0 bridgehead atoms. The van der Waals surface area contributed by atoms with Gasteiger partial charge in [0.15, 0.2) is 0 Å². The second-order valence-corrected chi connectivity index (χ2v) is 27.3. The predicted octanol–water partition coefficient (Wildman–Crippen LogP) is 17.0. The molecule has 0 unspecified atom stereocenters. The number of anilines is 3. The first-order chi connectivity index (χ1) is 31.8. The van der Waals surface area contributed by atoms with Gasteiger partial charge in [0.1, 0.15) is 0 Å². The first-order valence-electron chi connectivity index (χ1n) is 25.8. The molecule has 1 nitrogen and oxygen atoms in total. The van der Waals surface area contributed by atoms with E-state index in [4.69, 9.17) is 0 Å².